The number of aromatic amines is 1. The van der Waals surface area contributed by atoms with Crippen molar-refractivity contribution in [2.75, 3.05) is 19.0 Å². The van der Waals surface area contributed by atoms with Crippen LogP contribution in [0.5, 0.6) is 0 Å². The van der Waals surface area contributed by atoms with Crippen LogP contribution in [0.1, 0.15) is 80.8 Å². The second kappa shape index (κ2) is 10.8. The molecule has 3 heterocycles. The summed E-state index contributed by atoms with van der Waals surface area (Å²) in [5.41, 5.74) is 3.44. The van der Waals surface area contributed by atoms with Crippen molar-refractivity contribution >= 4 is 23.5 Å². The van der Waals surface area contributed by atoms with Crippen LogP contribution >= 0.6 is 0 Å². The first-order chi connectivity index (χ1) is 17.5. The number of alkyl halides is 1. The number of nitrogens with zero attached hydrogens (tertiary/aromatic N) is 4. The number of anilines is 2. The second-order valence-corrected chi connectivity index (χ2v) is 9.77. The minimum Gasteiger partial charge on any atom is -0.443 e. The summed E-state index contributed by atoms with van der Waals surface area (Å²) in [5, 5.41) is 13.4. The monoisotopic (exact) mass is 499 g/mol. The lowest BCUT2D eigenvalue weighted by Crippen LogP contribution is -2.31. The highest BCUT2D eigenvalue weighted by Gasteiger charge is 2.38. The Balaban J connectivity index is 1.25. The van der Waals surface area contributed by atoms with E-state index in [-0.39, 0.29) is 12.3 Å². The number of amides is 1. The molecule has 36 heavy (non-hydrogen) atoms. The third-order valence-electron chi connectivity index (χ3n) is 6.83. The van der Waals surface area contributed by atoms with Gasteiger partial charge in [-0.15, -0.1) is 0 Å². The molecule has 0 saturated heterocycles. The quantitative estimate of drug-likeness (QED) is 0.327. The number of hydrogen-bond donors (Lipinski definition) is 3. The normalized spacial score (nSPS) is 21.7. The van der Waals surface area contributed by atoms with Gasteiger partial charge < -0.3 is 20.1 Å². The number of alkyl carbamates (subject to hydrolysis) is 1. The lowest BCUT2D eigenvalue weighted by molar-refractivity contribution is 0.0607. The highest BCUT2D eigenvalue weighted by atomic mass is 19.1. The Hall–Kier alpha value is -3.21. The third kappa shape index (κ3) is 5.61. The lowest BCUT2D eigenvalue weighted by atomic mass is 10.0. The van der Waals surface area contributed by atoms with Crippen LogP contribution in [-0.4, -0.2) is 56.6 Å². The summed E-state index contributed by atoms with van der Waals surface area (Å²) >= 11 is 0. The van der Waals surface area contributed by atoms with E-state index < -0.39 is 18.4 Å². The summed E-state index contributed by atoms with van der Waals surface area (Å²) in [6.07, 6.45) is 5.32. The van der Waals surface area contributed by atoms with Crippen molar-refractivity contribution in [1.82, 2.24) is 29.9 Å². The van der Waals surface area contributed by atoms with Crippen LogP contribution in [0.3, 0.4) is 0 Å². The van der Waals surface area contributed by atoms with Gasteiger partial charge in [0.1, 0.15) is 17.9 Å². The highest BCUT2D eigenvalue weighted by molar-refractivity contribution is 5.67. The van der Waals surface area contributed by atoms with Gasteiger partial charge in [-0.2, -0.15) is 5.10 Å². The molecule has 3 N–H and O–H groups in total. The van der Waals surface area contributed by atoms with Crippen LogP contribution in [0, 0.1) is 0 Å². The van der Waals surface area contributed by atoms with Crippen LogP contribution in [-0.2, 0) is 16.1 Å². The van der Waals surface area contributed by atoms with Gasteiger partial charge in [-0.1, -0.05) is 19.8 Å². The zero-order valence-corrected chi connectivity index (χ0v) is 20.8. The summed E-state index contributed by atoms with van der Waals surface area (Å²) < 4.78 is 27.2. The van der Waals surface area contributed by atoms with E-state index in [0.717, 1.165) is 54.8 Å². The van der Waals surface area contributed by atoms with Crippen molar-refractivity contribution in [3.05, 3.63) is 35.4 Å². The molecule has 0 unspecified atom stereocenters. The molecule has 0 aromatic carbocycles. The SMILES string of the molecule is CCCCCNC(=O)O[C@H]1C[C@@H](c2cc(Nc3nc(C4CC4)cc4nc(COC)cn34)n[nH]2)C[C@H]1F. The first-order valence-corrected chi connectivity index (χ1v) is 12.8. The molecular formula is C25H34FN7O3. The fourth-order valence-electron chi connectivity index (χ4n) is 4.74. The molecule has 2 aliphatic rings. The Labute approximate surface area is 209 Å². The summed E-state index contributed by atoms with van der Waals surface area (Å²) in [7, 11) is 1.64. The predicted molar refractivity (Wildman–Crippen MR) is 132 cm³/mol. The molecular weight excluding hydrogens is 465 g/mol. The number of carbonyl (C=O) groups excluding carboxylic acids is 1. The number of unbranched alkanes of at least 4 members (excludes halogenated alkanes) is 2. The highest BCUT2D eigenvalue weighted by Crippen LogP contribution is 2.40. The Kier molecular flexibility index (Phi) is 7.35. The molecule has 1 amide bonds. The molecule has 11 heteroatoms. The summed E-state index contributed by atoms with van der Waals surface area (Å²) in [4.78, 5) is 21.5. The predicted octanol–water partition coefficient (Wildman–Crippen LogP) is 4.72. The molecule has 10 nitrogen and oxygen atoms in total. The van der Waals surface area contributed by atoms with Crippen molar-refractivity contribution < 1.29 is 18.7 Å². The number of H-pyrrole nitrogens is 1. The fraction of sp³-hybridized carbons (Fsp3) is 0.600. The van der Waals surface area contributed by atoms with E-state index >= 15 is 0 Å². The van der Waals surface area contributed by atoms with Gasteiger partial charge in [-0.05, 0) is 32.1 Å². The van der Waals surface area contributed by atoms with E-state index in [1.54, 1.807) is 7.11 Å². The minimum absolute atomic E-state index is 0.117. The number of imidazole rings is 1. The van der Waals surface area contributed by atoms with Gasteiger partial charge in [-0.3, -0.25) is 9.50 Å². The molecule has 3 aromatic rings. The summed E-state index contributed by atoms with van der Waals surface area (Å²) in [5.74, 6) is 1.56. The van der Waals surface area contributed by atoms with Crippen LogP contribution in [0.4, 0.5) is 21.0 Å². The van der Waals surface area contributed by atoms with Crippen LogP contribution in [0.15, 0.2) is 18.3 Å². The summed E-state index contributed by atoms with van der Waals surface area (Å²) in [6.45, 7) is 3.06. The van der Waals surface area contributed by atoms with Crippen molar-refractivity contribution in [2.24, 2.45) is 0 Å². The Morgan fingerprint density at radius 2 is 2.08 bits per heavy atom. The van der Waals surface area contributed by atoms with Crippen molar-refractivity contribution in [2.45, 2.75) is 82.6 Å². The van der Waals surface area contributed by atoms with Crippen LogP contribution in [0.25, 0.3) is 5.65 Å². The standard InChI is InChI=1S/C25H34FN7O3/c1-3-4-5-8-27-25(34)36-21-10-16(9-18(21)26)20-11-22(32-31-20)30-24-29-19(15-6-7-15)12-23-28-17(14-35-2)13-33(23)24/h11-13,15-16,18,21H,3-10,14H2,1-2H3,(H,27,34)(H2,29,30,31,32)/t16-,18+,21-/m0/s1. The van der Waals surface area contributed by atoms with E-state index in [4.69, 9.17) is 14.5 Å². The number of rotatable bonds is 11. The fourth-order valence-corrected chi connectivity index (χ4v) is 4.74. The van der Waals surface area contributed by atoms with Gasteiger partial charge >= 0.3 is 6.09 Å². The average Bonchev–Trinajstić information content (AvgIpc) is 3.29. The van der Waals surface area contributed by atoms with Crippen molar-refractivity contribution in [3.8, 4) is 0 Å². The number of hydrogen-bond acceptors (Lipinski definition) is 7. The number of carbonyl (C=O) groups is 1. The van der Waals surface area contributed by atoms with Gasteiger partial charge in [0.2, 0.25) is 5.95 Å². The lowest BCUT2D eigenvalue weighted by Gasteiger charge is -2.14. The number of halogens is 1. The number of methoxy groups -OCH3 is 1. The van der Waals surface area contributed by atoms with Gasteiger partial charge in [-0.25, -0.2) is 19.2 Å². The van der Waals surface area contributed by atoms with E-state index in [2.05, 4.69) is 32.7 Å². The largest absolute Gasteiger partial charge is 0.443 e. The zero-order valence-electron chi connectivity index (χ0n) is 20.8. The number of fused-ring (bicyclic) bond motifs is 1. The molecule has 2 aliphatic carbocycles. The van der Waals surface area contributed by atoms with Gasteiger partial charge in [0, 0.05) is 49.5 Å². The molecule has 3 aromatic heterocycles. The molecule has 0 radical (unpaired) electrons. The molecule has 0 bridgehead atoms. The first kappa shape index (κ1) is 24.5. The maximum Gasteiger partial charge on any atom is 0.407 e. The third-order valence-corrected chi connectivity index (χ3v) is 6.83. The van der Waals surface area contributed by atoms with Gasteiger partial charge in [0.25, 0.3) is 0 Å². The average molecular weight is 500 g/mol. The Morgan fingerprint density at radius 3 is 2.86 bits per heavy atom. The van der Waals surface area contributed by atoms with Crippen molar-refractivity contribution in [3.63, 3.8) is 0 Å². The Bertz CT molecular complexity index is 1190. The maximum atomic E-state index is 14.7. The Morgan fingerprint density at radius 1 is 1.22 bits per heavy atom. The molecule has 0 aliphatic heterocycles. The van der Waals surface area contributed by atoms with Gasteiger partial charge in [0.15, 0.2) is 5.82 Å². The number of aromatic nitrogens is 5. The maximum absolute atomic E-state index is 14.7. The molecule has 5 rings (SSSR count). The second-order valence-electron chi connectivity index (χ2n) is 9.77. The molecule has 2 saturated carbocycles. The van der Waals surface area contributed by atoms with E-state index in [9.17, 15) is 9.18 Å². The molecule has 0 spiro atoms. The van der Waals surface area contributed by atoms with E-state index in [1.165, 1.54) is 0 Å². The number of ether oxygens (including phenoxy) is 2. The molecule has 3 atom stereocenters. The van der Waals surface area contributed by atoms with Crippen LogP contribution in [0.2, 0.25) is 0 Å². The zero-order chi connectivity index (χ0) is 25.1. The smallest absolute Gasteiger partial charge is 0.407 e. The minimum atomic E-state index is -1.21. The van der Waals surface area contributed by atoms with Crippen molar-refractivity contribution in [1.29, 1.82) is 0 Å². The van der Waals surface area contributed by atoms with E-state index in [0.29, 0.717) is 37.3 Å². The molecule has 2 fully saturated rings. The van der Waals surface area contributed by atoms with Crippen LogP contribution < -0.4 is 10.6 Å². The first-order valence-electron chi connectivity index (χ1n) is 12.8. The van der Waals surface area contributed by atoms with E-state index in [1.807, 2.05) is 22.7 Å². The topological polar surface area (TPSA) is 118 Å². The van der Waals surface area contributed by atoms with Gasteiger partial charge in [0.05, 0.1) is 18.0 Å². The number of nitrogens with one attached hydrogen (secondary N) is 3. The molecule has 194 valence electrons. The summed E-state index contributed by atoms with van der Waals surface area (Å²) in [6, 6.07) is 3.90.